The molecule has 2 fully saturated rings. The predicted octanol–water partition coefficient (Wildman–Crippen LogP) is 4.14. The molecule has 0 amide bonds. The van der Waals surface area contributed by atoms with E-state index < -0.39 is 0 Å². The number of rotatable bonds is 3. The van der Waals surface area contributed by atoms with Gasteiger partial charge in [-0.05, 0) is 44.4 Å². The molecule has 1 aliphatic heterocycles. The Morgan fingerprint density at radius 3 is 2.89 bits per heavy atom. The third-order valence-corrected chi connectivity index (χ3v) is 4.75. The monoisotopic (exact) mass is 328 g/mol. The lowest BCUT2D eigenvalue weighted by molar-refractivity contribution is 0.257. The van der Waals surface area contributed by atoms with Gasteiger partial charge in [0.25, 0.3) is 0 Å². The van der Waals surface area contributed by atoms with E-state index in [9.17, 15) is 0 Å². The highest BCUT2D eigenvalue weighted by molar-refractivity contribution is 9.10. The first-order valence-corrected chi connectivity index (χ1v) is 7.78. The van der Waals surface area contributed by atoms with Crippen molar-refractivity contribution in [3.05, 3.63) is 27.7 Å². The lowest BCUT2D eigenvalue weighted by Gasteiger charge is -2.20. The second kappa shape index (κ2) is 5.03. The summed E-state index contributed by atoms with van der Waals surface area (Å²) in [7, 11) is 0. The van der Waals surface area contributed by atoms with Crippen LogP contribution in [-0.4, -0.2) is 29.6 Å². The average Bonchev–Trinajstić information content (AvgIpc) is 3.09. The van der Waals surface area contributed by atoms with Crippen LogP contribution in [0.3, 0.4) is 0 Å². The van der Waals surface area contributed by atoms with Gasteiger partial charge >= 0.3 is 0 Å². The Balaban J connectivity index is 1.68. The van der Waals surface area contributed by atoms with E-state index in [4.69, 9.17) is 11.6 Å². The van der Waals surface area contributed by atoms with Crippen molar-refractivity contribution in [3.8, 4) is 0 Å². The maximum Gasteiger partial charge on any atom is 0.0638 e. The Labute approximate surface area is 122 Å². The van der Waals surface area contributed by atoms with Crippen molar-refractivity contribution in [1.82, 2.24) is 4.90 Å². The molecular formula is C14H18BrClN2. The molecule has 2 unspecified atom stereocenters. The number of likely N-dealkylation sites (tertiary alicyclic amines) is 1. The van der Waals surface area contributed by atoms with Gasteiger partial charge in [-0.3, -0.25) is 4.90 Å². The quantitative estimate of drug-likeness (QED) is 0.896. The minimum absolute atomic E-state index is 0.521. The molecule has 1 aromatic rings. The Morgan fingerprint density at radius 1 is 1.39 bits per heavy atom. The fourth-order valence-corrected chi connectivity index (χ4v) is 3.44. The molecule has 18 heavy (non-hydrogen) atoms. The summed E-state index contributed by atoms with van der Waals surface area (Å²) in [4.78, 5) is 2.64. The van der Waals surface area contributed by atoms with Crippen LogP contribution in [0.4, 0.5) is 5.69 Å². The van der Waals surface area contributed by atoms with Gasteiger partial charge in [0.2, 0.25) is 0 Å². The molecule has 2 nitrogen and oxygen atoms in total. The topological polar surface area (TPSA) is 15.3 Å². The summed E-state index contributed by atoms with van der Waals surface area (Å²) in [6.07, 6.45) is 3.97. The highest BCUT2D eigenvalue weighted by Gasteiger charge is 2.38. The van der Waals surface area contributed by atoms with Gasteiger partial charge in [-0.2, -0.15) is 0 Å². The Kier molecular flexibility index (Phi) is 3.57. The molecule has 1 aromatic carbocycles. The van der Waals surface area contributed by atoms with Crippen LogP contribution < -0.4 is 5.32 Å². The molecule has 4 heteroatoms. The van der Waals surface area contributed by atoms with Gasteiger partial charge in [0.1, 0.15) is 0 Å². The standard InChI is InChI=1S/C14H18BrClN2/c1-9-6-11(8-18(9)12-3-4-12)17-14-7-10(15)2-5-13(14)16/h2,5,7,9,11-12,17H,3-4,6,8H2,1H3. The smallest absolute Gasteiger partial charge is 0.0638 e. The number of benzene rings is 1. The zero-order valence-electron chi connectivity index (χ0n) is 10.5. The Morgan fingerprint density at radius 2 is 2.17 bits per heavy atom. The molecule has 0 spiro atoms. The highest BCUT2D eigenvalue weighted by atomic mass is 79.9. The fourth-order valence-electron chi connectivity index (χ4n) is 2.90. The largest absolute Gasteiger partial charge is 0.380 e. The fraction of sp³-hybridized carbons (Fsp3) is 0.571. The summed E-state index contributed by atoms with van der Waals surface area (Å²) in [5, 5.41) is 4.39. The van der Waals surface area contributed by atoms with Gasteiger partial charge in [0.15, 0.2) is 0 Å². The van der Waals surface area contributed by atoms with Crippen molar-refractivity contribution in [3.63, 3.8) is 0 Å². The zero-order valence-corrected chi connectivity index (χ0v) is 12.8. The van der Waals surface area contributed by atoms with Crippen molar-refractivity contribution >= 4 is 33.2 Å². The number of nitrogens with zero attached hydrogens (tertiary/aromatic N) is 1. The first-order chi connectivity index (χ1) is 8.63. The van der Waals surface area contributed by atoms with Crippen LogP contribution in [0.15, 0.2) is 22.7 Å². The SMILES string of the molecule is CC1CC(Nc2cc(Br)ccc2Cl)CN1C1CC1. The van der Waals surface area contributed by atoms with Crippen LogP contribution in [0.5, 0.6) is 0 Å². The number of halogens is 2. The van der Waals surface area contributed by atoms with Crippen molar-refractivity contribution < 1.29 is 0 Å². The van der Waals surface area contributed by atoms with Crippen LogP contribution in [-0.2, 0) is 0 Å². The molecule has 2 aliphatic rings. The normalized spacial score (nSPS) is 28.6. The Hall–Kier alpha value is -0.250. The third kappa shape index (κ3) is 2.68. The zero-order chi connectivity index (χ0) is 12.7. The van der Waals surface area contributed by atoms with E-state index >= 15 is 0 Å². The molecule has 1 saturated heterocycles. The molecule has 1 N–H and O–H groups in total. The second-order valence-electron chi connectivity index (χ2n) is 5.48. The van der Waals surface area contributed by atoms with E-state index in [-0.39, 0.29) is 0 Å². The van der Waals surface area contributed by atoms with Crippen LogP contribution in [0, 0.1) is 0 Å². The summed E-state index contributed by atoms with van der Waals surface area (Å²) < 4.78 is 1.07. The number of hydrogen-bond acceptors (Lipinski definition) is 2. The van der Waals surface area contributed by atoms with Crippen LogP contribution in [0.2, 0.25) is 5.02 Å². The van der Waals surface area contributed by atoms with Gasteiger partial charge < -0.3 is 5.32 Å². The third-order valence-electron chi connectivity index (χ3n) is 3.93. The van der Waals surface area contributed by atoms with E-state index in [2.05, 4.69) is 39.1 Å². The summed E-state index contributed by atoms with van der Waals surface area (Å²) in [6.45, 7) is 3.48. The average molecular weight is 330 g/mol. The van der Waals surface area contributed by atoms with E-state index in [0.29, 0.717) is 12.1 Å². The molecule has 1 heterocycles. The minimum Gasteiger partial charge on any atom is -0.380 e. The lowest BCUT2D eigenvalue weighted by atomic mass is 10.2. The summed E-state index contributed by atoms with van der Waals surface area (Å²) in [5.41, 5.74) is 1.04. The maximum absolute atomic E-state index is 6.23. The summed E-state index contributed by atoms with van der Waals surface area (Å²) in [6, 6.07) is 8.04. The van der Waals surface area contributed by atoms with Crippen LogP contribution in [0.1, 0.15) is 26.2 Å². The van der Waals surface area contributed by atoms with Crippen molar-refractivity contribution in [2.24, 2.45) is 0 Å². The Bertz CT molecular complexity index is 447. The van der Waals surface area contributed by atoms with Crippen LogP contribution in [0.25, 0.3) is 0 Å². The number of anilines is 1. The highest BCUT2D eigenvalue weighted by Crippen LogP contribution is 2.35. The molecular weight excluding hydrogens is 312 g/mol. The molecule has 1 aliphatic carbocycles. The minimum atomic E-state index is 0.521. The summed E-state index contributed by atoms with van der Waals surface area (Å²) >= 11 is 9.72. The predicted molar refractivity (Wildman–Crippen MR) is 80.4 cm³/mol. The van der Waals surface area contributed by atoms with Crippen LogP contribution >= 0.6 is 27.5 Å². The number of hydrogen-bond donors (Lipinski definition) is 1. The van der Waals surface area contributed by atoms with E-state index in [1.807, 2.05) is 12.1 Å². The van der Waals surface area contributed by atoms with E-state index in [1.165, 1.54) is 19.3 Å². The molecule has 98 valence electrons. The lowest BCUT2D eigenvalue weighted by Crippen LogP contribution is -2.31. The molecule has 3 rings (SSSR count). The second-order valence-corrected chi connectivity index (χ2v) is 6.80. The first kappa shape index (κ1) is 12.8. The van der Waals surface area contributed by atoms with Gasteiger partial charge in [0.05, 0.1) is 10.7 Å². The molecule has 0 aromatic heterocycles. The molecule has 2 atom stereocenters. The maximum atomic E-state index is 6.23. The van der Waals surface area contributed by atoms with Crippen molar-refractivity contribution in [2.45, 2.75) is 44.3 Å². The molecule has 0 radical (unpaired) electrons. The van der Waals surface area contributed by atoms with Gasteiger partial charge in [0, 0.05) is 29.1 Å². The van der Waals surface area contributed by atoms with Gasteiger partial charge in [-0.15, -0.1) is 0 Å². The summed E-state index contributed by atoms with van der Waals surface area (Å²) in [5.74, 6) is 0. The van der Waals surface area contributed by atoms with Gasteiger partial charge in [-0.25, -0.2) is 0 Å². The number of nitrogens with one attached hydrogen (secondary N) is 1. The van der Waals surface area contributed by atoms with E-state index in [1.54, 1.807) is 0 Å². The van der Waals surface area contributed by atoms with Crippen molar-refractivity contribution in [2.75, 3.05) is 11.9 Å². The molecule has 0 bridgehead atoms. The van der Waals surface area contributed by atoms with Crippen molar-refractivity contribution in [1.29, 1.82) is 0 Å². The van der Waals surface area contributed by atoms with Gasteiger partial charge in [-0.1, -0.05) is 27.5 Å². The van der Waals surface area contributed by atoms with E-state index in [0.717, 1.165) is 27.8 Å². The first-order valence-electron chi connectivity index (χ1n) is 6.61. The molecule has 1 saturated carbocycles.